The van der Waals surface area contributed by atoms with Crippen molar-refractivity contribution in [3.8, 4) is 0 Å². The Bertz CT molecular complexity index is 751. The minimum atomic E-state index is 0.504. The van der Waals surface area contributed by atoms with Gasteiger partial charge in [-0.2, -0.15) is 4.98 Å². The van der Waals surface area contributed by atoms with Gasteiger partial charge < -0.3 is 21.3 Å². The highest BCUT2D eigenvalue weighted by Crippen LogP contribution is 2.28. The maximum Gasteiger partial charge on any atom is 0.229 e. The highest BCUT2D eigenvalue weighted by molar-refractivity contribution is 6.33. The molecule has 2 heterocycles. The second-order valence-electron chi connectivity index (χ2n) is 6.73. The van der Waals surface area contributed by atoms with E-state index in [0.717, 1.165) is 56.0 Å². The van der Waals surface area contributed by atoms with Crippen molar-refractivity contribution in [1.82, 2.24) is 15.3 Å². The lowest BCUT2D eigenvalue weighted by atomic mass is 10.2. The fraction of sp³-hybridized carbons (Fsp3) is 0.474. The number of aryl methyl sites for hydroxylation is 1. The number of likely N-dealkylation sites (N-methyl/N-ethyl adjacent to an activating group) is 1. The summed E-state index contributed by atoms with van der Waals surface area (Å²) < 4.78 is 0. The number of anilines is 4. The van der Waals surface area contributed by atoms with E-state index in [4.69, 9.17) is 22.3 Å². The van der Waals surface area contributed by atoms with E-state index < -0.39 is 0 Å². The van der Waals surface area contributed by atoms with E-state index in [-0.39, 0.29) is 0 Å². The van der Waals surface area contributed by atoms with Crippen molar-refractivity contribution in [3.63, 3.8) is 0 Å². The molecule has 6 nitrogen and oxygen atoms in total. The Morgan fingerprint density at radius 3 is 2.88 bits per heavy atom. The number of aromatic nitrogens is 2. The van der Waals surface area contributed by atoms with Crippen LogP contribution in [-0.4, -0.2) is 36.1 Å². The van der Waals surface area contributed by atoms with Gasteiger partial charge in [0.15, 0.2) is 0 Å². The SMILES string of the molecule is CCCCc1cc(N2CC[C@H](NC)C2)nc(Nc2cc(N)ccc2Cl)n1. The maximum absolute atomic E-state index is 6.28. The third-order valence-electron chi connectivity index (χ3n) is 4.71. The van der Waals surface area contributed by atoms with Gasteiger partial charge in [-0.05, 0) is 44.5 Å². The number of hydrogen-bond donors (Lipinski definition) is 3. The van der Waals surface area contributed by atoms with Crippen LogP contribution in [0.3, 0.4) is 0 Å². The number of nitrogens with one attached hydrogen (secondary N) is 2. The lowest BCUT2D eigenvalue weighted by Gasteiger charge is -2.19. The molecule has 1 aromatic heterocycles. The van der Waals surface area contributed by atoms with Crippen LogP contribution < -0.4 is 21.3 Å². The Morgan fingerprint density at radius 1 is 1.31 bits per heavy atom. The van der Waals surface area contributed by atoms with Crippen LogP contribution in [0.2, 0.25) is 5.02 Å². The topological polar surface area (TPSA) is 79.1 Å². The number of hydrogen-bond acceptors (Lipinski definition) is 6. The van der Waals surface area contributed by atoms with Crippen molar-refractivity contribution >= 4 is 34.7 Å². The Balaban J connectivity index is 1.88. The van der Waals surface area contributed by atoms with Crippen LogP contribution >= 0.6 is 11.6 Å². The first-order valence-corrected chi connectivity index (χ1v) is 9.59. The lowest BCUT2D eigenvalue weighted by Crippen LogP contribution is -2.30. The van der Waals surface area contributed by atoms with Crippen LogP contribution in [-0.2, 0) is 6.42 Å². The van der Waals surface area contributed by atoms with E-state index in [1.165, 1.54) is 0 Å². The molecule has 3 rings (SSSR count). The van der Waals surface area contributed by atoms with E-state index in [1.54, 1.807) is 18.2 Å². The van der Waals surface area contributed by atoms with Crippen molar-refractivity contribution in [2.45, 2.75) is 38.6 Å². The molecule has 0 saturated carbocycles. The summed E-state index contributed by atoms with van der Waals surface area (Å²) in [4.78, 5) is 11.7. The van der Waals surface area contributed by atoms with Crippen molar-refractivity contribution in [1.29, 1.82) is 0 Å². The molecule has 1 atom stereocenters. The summed E-state index contributed by atoms with van der Waals surface area (Å²) in [6.45, 7) is 4.14. The number of nitrogens with zero attached hydrogens (tertiary/aromatic N) is 3. The molecule has 26 heavy (non-hydrogen) atoms. The highest BCUT2D eigenvalue weighted by Gasteiger charge is 2.23. The molecular formula is C19H27ClN6. The summed E-state index contributed by atoms with van der Waals surface area (Å²) in [5.41, 5.74) is 8.30. The number of nitrogens with two attached hydrogens (primary N) is 1. The van der Waals surface area contributed by atoms with E-state index >= 15 is 0 Å². The maximum atomic E-state index is 6.28. The van der Waals surface area contributed by atoms with Crippen LogP contribution in [0.15, 0.2) is 24.3 Å². The second kappa shape index (κ2) is 8.56. The van der Waals surface area contributed by atoms with Gasteiger partial charge in [-0.25, -0.2) is 4.98 Å². The third kappa shape index (κ3) is 4.56. The molecule has 4 N–H and O–H groups in total. The van der Waals surface area contributed by atoms with E-state index in [0.29, 0.717) is 22.7 Å². The highest BCUT2D eigenvalue weighted by atomic mass is 35.5. The molecule has 1 saturated heterocycles. The van der Waals surface area contributed by atoms with Gasteiger partial charge in [0.25, 0.3) is 0 Å². The van der Waals surface area contributed by atoms with Crippen molar-refractivity contribution in [2.24, 2.45) is 0 Å². The van der Waals surface area contributed by atoms with Gasteiger partial charge in [0.05, 0.1) is 10.7 Å². The number of unbranched alkanes of at least 4 members (excludes halogenated alkanes) is 1. The van der Waals surface area contributed by atoms with Crippen LogP contribution in [0.25, 0.3) is 0 Å². The first-order valence-electron chi connectivity index (χ1n) is 9.21. The lowest BCUT2D eigenvalue weighted by molar-refractivity contribution is 0.616. The molecule has 2 aromatic rings. The average Bonchev–Trinajstić information content (AvgIpc) is 3.12. The predicted octanol–water partition coefficient (Wildman–Crippen LogP) is 3.60. The van der Waals surface area contributed by atoms with Gasteiger partial charge >= 0.3 is 0 Å². The summed E-state index contributed by atoms with van der Waals surface area (Å²) in [5.74, 6) is 1.53. The minimum Gasteiger partial charge on any atom is -0.399 e. The van der Waals surface area contributed by atoms with Crippen LogP contribution in [0.4, 0.5) is 23.1 Å². The molecule has 1 aliphatic rings. The van der Waals surface area contributed by atoms with Crippen molar-refractivity contribution in [2.75, 3.05) is 36.1 Å². The Hall–Kier alpha value is -2.05. The van der Waals surface area contributed by atoms with E-state index in [2.05, 4.69) is 33.5 Å². The normalized spacial score (nSPS) is 16.9. The molecule has 0 unspecified atom stereocenters. The standard InChI is InChI=1S/C19H27ClN6/c1-3-4-5-14-11-18(26-9-8-15(12-26)22-2)25-19(23-14)24-17-10-13(21)6-7-16(17)20/h6-7,10-11,15,22H,3-5,8-9,12,21H2,1-2H3,(H,23,24,25)/t15-/m0/s1. The van der Waals surface area contributed by atoms with Gasteiger partial charge in [0.1, 0.15) is 5.82 Å². The summed E-state index contributed by atoms with van der Waals surface area (Å²) in [6, 6.07) is 7.97. The Labute approximate surface area is 160 Å². The molecule has 0 bridgehead atoms. The molecule has 1 fully saturated rings. The molecule has 0 aliphatic carbocycles. The van der Waals surface area contributed by atoms with Crippen molar-refractivity contribution < 1.29 is 0 Å². The quantitative estimate of drug-likeness (QED) is 0.642. The molecule has 1 aromatic carbocycles. The number of nitrogen functional groups attached to an aromatic ring is 1. The summed E-state index contributed by atoms with van der Waals surface area (Å²) in [7, 11) is 2.01. The van der Waals surface area contributed by atoms with Crippen LogP contribution in [0.1, 0.15) is 31.9 Å². The summed E-state index contributed by atoms with van der Waals surface area (Å²) in [5, 5.41) is 7.19. The largest absolute Gasteiger partial charge is 0.399 e. The zero-order valence-electron chi connectivity index (χ0n) is 15.4. The zero-order chi connectivity index (χ0) is 18.5. The smallest absolute Gasteiger partial charge is 0.229 e. The molecule has 7 heteroatoms. The summed E-state index contributed by atoms with van der Waals surface area (Å²) >= 11 is 6.28. The van der Waals surface area contributed by atoms with Crippen LogP contribution in [0, 0.1) is 0 Å². The monoisotopic (exact) mass is 374 g/mol. The molecule has 1 aliphatic heterocycles. The van der Waals surface area contributed by atoms with Gasteiger partial charge in [-0.3, -0.25) is 0 Å². The third-order valence-corrected chi connectivity index (χ3v) is 5.04. The zero-order valence-corrected chi connectivity index (χ0v) is 16.2. The molecule has 0 radical (unpaired) electrons. The Morgan fingerprint density at radius 2 is 2.15 bits per heavy atom. The fourth-order valence-corrected chi connectivity index (χ4v) is 3.31. The van der Waals surface area contributed by atoms with Gasteiger partial charge in [-0.1, -0.05) is 24.9 Å². The van der Waals surface area contributed by atoms with E-state index in [9.17, 15) is 0 Å². The molecule has 0 amide bonds. The number of rotatable bonds is 7. The summed E-state index contributed by atoms with van der Waals surface area (Å²) in [6.07, 6.45) is 4.30. The first kappa shape index (κ1) is 18.7. The molecule has 0 spiro atoms. The Kier molecular flexibility index (Phi) is 6.16. The van der Waals surface area contributed by atoms with Gasteiger partial charge in [0.2, 0.25) is 5.95 Å². The second-order valence-corrected chi connectivity index (χ2v) is 7.14. The molecule has 140 valence electrons. The average molecular weight is 375 g/mol. The van der Waals surface area contributed by atoms with Gasteiger partial charge in [-0.15, -0.1) is 0 Å². The van der Waals surface area contributed by atoms with E-state index in [1.807, 2.05) is 7.05 Å². The van der Waals surface area contributed by atoms with Crippen LogP contribution in [0.5, 0.6) is 0 Å². The number of halogens is 1. The predicted molar refractivity (Wildman–Crippen MR) is 109 cm³/mol. The minimum absolute atomic E-state index is 0.504. The van der Waals surface area contributed by atoms with Gasteiger partial charge in [0, 0.05) is 36.6 Å². The molecular weight excluding hydrogens is 348 g/mol. The first-order chi connectivity index (χ1) is 12.6. The van der Waals surface area contributed by atoms with Crippen molar-refractivity contribution in [3.05, 3.63) is 35.0 Å². The fourth-order valence-electron chi connectivity index (χ4n) is 3.15. The number of benzene rings is 1.